The number of aliphatic hydroxyl groups excluding tert-OH is 1. The van der Waals surface area contributed by atoms with Crippen LogP contribution in [0.2, 0.25) is 0 Å². The average Bonchev–Trinajstić information content (AvgIpc) is 2.78. The van der Waals surface area contributed by atoms with Crippen LogP contribution in [0.3, 0.4) is 0 Å². The first kappa shape index (κ1) is 25.0. The summed E-state index contributed by atoms with van der Waals surface area (Å²) in [5.74, 6) is -6.31. The molecule has 0 fully saturated rings. The van der Waals surface area contributed by atoms with Gasteiger partial charge >= 0.3 is 18.1 Å². The third-order valence-corrected chi connectivity index (χ3v) is 4.57. The van der Waals surface area contributed by atoms with Crippen LogP contribution in [0.25, 0.3) is 11.1 Å². The fourth-order valence-electron chi connectivity index (χ4n) is 2.99. The zero-order valence-corrected chi connectivity index (χ0v) is 17.9. The van der Waals surface area contributed by atoms with E-state index < -0.39 is 35.6 Å². The molecule has 1 atom stereocenters. The van der Waals surface area contributed by atoms with Crippen molar-refractivity contribution < 1.29 is 36.6 Å². The highest BCUT2D eigenvalue weighted by molar-refractivity contribution is 5.78. The van der Waals surface area contributed by atoms with Crippen LogP contribution >= 0.6 is 0 Å². The van der Waals surface area contributed by atoms with Crippen LogP contribution in [0.4, 0.5) is 33.6 Å². The van der Waals surface area contributed by atoms with Crippen LogP contribution in [0.15, 0.2) is 48.8 Å². The number of nitrogens with one attached hydrogen (secondary N) is 1. The summed E-state index contributed by atoms with van der Waals surface area (Å²) in [7, 11) is 0. The van der Waals surface area contributed by atoms with Crippen molar-refractivity contribution in [1.82, 2.24) is 15.0 Å². The molecular formula is C22H19F5N4O3. The van der Waals surface area contributed by atoms with Gasteiger partial charge in [-0.25, -0.2) is 14.8 Å². The number of aryl methyl sites for hydroxylation is 1. The summed E-state index contributed by atoms with van der Waals surface area (Å²) < 4.78 is 71.1. The number of esters is 1. The highest BCUT2D eigenvalue weighted by atomic mass is 19.4. The molecule has 0 amide bonds. The molecule has 3 aromatic rings. The van der Waals surface area contributed by atoms with Crippen molar-refractivity contribution in [2.75, 3.05) is 11.9 Å². The molecular weight excluding hydrogens is 463 g/mol. The Bertz CT molecular complexity index is 1170. The SMILES string of the molecule is CCOC(=O)C(F)(F)C(O)c1ccc(-c2cc(C)cc(Nc3nccc(C(F)(F)F)n3)c2)cn1. The van der Waals surface area contributed by atoms with E-state index in [2.05, 4.69) is 25.0 Å². The zero-order valence-electron chi connectivity index (χ0n) is 17.9. The maximum atomic E-state index is 14.1. The van der Waals surface area contributed by atoms with Gasteiger partial charge in [0.1, 0.15) is 5.69 Å². The largest absolute Gasteiger partial charge is 0.461 e. The molecule has 0 saturated heterocycles. The molecule has 0 spiro atoms. The quantitative estimate of drug-likeness (QED) is 0.367. The second-order valence-corrected chi connectivity index (χ2v) is 7.19. The highest BCUT2D eigenvalue weighted by Crippen LogP contribution is 2.33. The number of aromatic nitrogens is 3. The molecule has 0 aliphatic heterocycles. The number of rotatable bonds is 7. The van der Waals surface area contributed by atoms with E-state index >= 15 is 0 Å². The van der Waals surface area contributed by atoms with Gasteiger partial charge in [-0.2, -0.15) is 22.0 Å². The Labute approximate surface area is 190 Å². The third-order valence-electron chi connectivity index (χ3n) is 4.57. The van der Waals surface area contributed by atoms with E-state index in [9.17, 15) is 31.9 Å². The van der Waals surface area contributed by atoms with E-state index in [4.69, 9.17) is 0 Å². The van der Waals surface area contributed by atoms with E-state index in [1.54, 1.807) is 25.1 Å². The Morgan fingerprint density at radius 3 is 2.44 bits per heavy atom. The van der Waals surface area contributed by atoms with Crippen LogP contribution < -0.4 is 5.32 Å². The summed E-state index contributed by atoms with van der Waals surface area (Å²) >= 11 is 0. The average molecular weight is 482 g/mol. The second-order valence-electron chi connectivity index (χ2n) is 7.19. The van der Waals surface area contributed by atoms with Crippen LogP contribution in [-0.2, 0) is 15.7 Å². The van der Waals surface area contributed by atoms with Crippen LogP contribution in [0.5, 0.6) is 0 Å². The maximum absolute atomic E-state index is 14.1. The maximum Gasteiger partial charge on any atom is 0.433 e. The summed E-state index contributed by atoms with van der Waals surface area (Å²) in [5, 5.41) is 12.6. The molecule has 0 aliphatic rings. The number of carbonyl (C=O) groups excluding carboxylic acids is 1. The van der Waals surface area contributed by atoms with Crippen molar-refractivity contribution in [3.8, 4) is 11.1 Å². The van der Waals surface area contributed by atoms with Gasteiger partial charge in [-0.15, -0.1) is 0 Å². The molecule has 34 heavy (non-hydrogen) atoms. The Balaban J connectivity index is 1.84. The predicted molar refractivity (Wildman–Crippen MR) is 111 cm³/mol. The number of alkyl halides is 5. The van der Waals surface area contributed by atoms with Crippen molar-refractivity contribution in [3.05, 3.63) is 65.7 Å². The molecule has 1 unspecified atom stereocenters. The molecule has 2 aromatic heterocycles. The van der Waals surface area contributed by atoms with Crippen molar-refractivity contribution in [2.24, 2.45) is 0 Å². The molecule has 2 heterocycles. The van der Waals surface area contributed by atoms with Crippen LogP contribution in [0.1, 0.15) is 30.0 Å². The number of hydrogen-bond acceptors (Lipinski definition) is 7. The minimum atomic E-state index is -4.63. The van der Waals surface area contributed by atoms with Gasteiger partial charge in [-0.05, 0) is 49.2 Å². The zero-order chi connectivity index (χ0) is 25.1. The number of ether oxygens (including phenoxy) is 1. The van der Waals surface area contributed by atoms with Crippen molar-refractivity contribution >= 4 is 17.6 Å². The van der Waals surface area contributed by atoms with Crippen molar-refractivity contribution in [2.45, 2.75) is 32.1 Å². The highest BCUT2D eigenvalue weighted by Gasteiger charge is 2.49. The topological polar surface area (TPSA) is 97.2 Å². The molecule has 0 aliphatic carbocycles. The molecule has 2 N–H and O–H groups in total. The van der Waals surface area contributed by atoms with Crippen LogP contribution in [-0.4, -0.2) is 38.6 Å². The lowest BCUT2D eigenvalue weighted by Gasteiger charge is -2.20. The van der Waals surface area contributed by atoms with Gasteiger partial charge < -0.3 is 15.2 Å². The van der Waals surface area contributed by atoms with Gasteiger partial charge in [0.15, 0.2) is 6.10 Å². The second kappa shape index (κ2) is 9.67. The van der Waals surface area contributed by atoms with Gasteiger partial charge in [0, 0.05) is 23.6 Å². The van der Waals surface area contributed by atoms with Crippen LogP contribution in [0, 0.1) is 6.92 Å². The van der Waals surface area contributed by atoms with Crippen molar-refractivity contribution in [1.29, 1.82) is 0 Å². The number of anilines is 2. The van der Waals surface area contributed by atoms with Gasteiger partial charge in [-0.1, -0.05) is 12.1 Å². The summed E-state index contributed by atoms with van der Waals surface area (Å²) in [6.45, 7) is 2.83. The molecule has 0 radical (unpaired) electrons. The monoisotopic (exact) mass is 482 g/mol. The molecule has 0 saturated carbocycles. The van der Waals surface area contributed by atoms with Crippen molar-refractivity contribution in [3.63, 3.8) is 0 Å². The standard InChI is InChI=1S/C22H19F5N4O3/c1-3-34-19(33)21(23,24)18(32)16-5-4-13(11-29-16)14-8-12(2)9-15(10-14)30-20-28-7-6-17(31-20)22(25,26)27/h4-11,18,32H,3H2,1-2H3,(H,28,30,31). The Morgan fingerprint density at radius 1 is 1.09 bits per heavy atom. The smallest absolute Gasteiger partial charge is 0.433 e. The summed E-state index contributed by atoms with van der Waals surface area (Å²) in [6, 6.07) is 8.26. The Kier molecular flexibility index (Phi) is 7.10. The summed E-state index contributed by atoms with van der Waals surface area (Å²) in [6.07, 6.45) is -4.93. The normalized spacial score (nSPS) is 12.8. The molecule has 12 heteroatoms. The minimum absolute atomic E-state index is 0.260. The number of hydrogen-bond donors (Lipinski definition) is 2. The first-order valence-corrected chi connectivity index (χ1v) is 9.90. The number of halogens is 5. The van der Waals surface area contributed by atoms with E-state index in [1.165, 1.54) is 19.2 Å². The van der Waals surface area contributed by atoms with E-state index in [-0.39, 0.29) is 12.6 Å². The number of pyridine rings is 1. The molecule has 1 aromatic carbocycles. The Hall–Kier alpha value is -3.67. The van der Waals surface area contributed by atoms with Gasteiger partial charge in [0.2, 0.25) is 5.95 Å². The third kappa shape index (κ3) is 5.63. The minimum Gasteiger partial charge on any atom is -0.461 e. The lowest BCUT2D eigenvalue weighted by Crippen LogP contribution is -2.37. The number of benzene rings is 1. The fraction of sp³-hybridized carbons (Fsp3) is 0.273. The van der Waals surface area contributed by atoms with Gasteiger partial charge in [-0.3, -0.25) is 4.98 Å². The van der Waals surface area contributed by atoms with E-state index in [1.807, 2.05) is 0 Å². The van der Waals surface area contributed by atoms with E-state index in [0.717, 1.165) is 23.9 Å². The predicted octanol–water partition coefficient (Wildman–Crippen LogP) is 4.84. The molecule has 7 nitrogen and oxygen atoms in total. The first-order valence-electron chi connectivity index (χ1n) is 9.90. The number of nitrogens with zero attached hydrogens (tertiary/aromatic N) is 3. The Morgan fingerprint density at radius 2 is 1.82 bits per heavy atom. The van der Waals surface area contributed by atoms with E-state index in [0.29, 0.717) is 16.8 Å². The first-order chi connectivity index (χ1) is 15.9. The molecule has 0 bridgehead atoms. The number of carbonyl (C=O) groups is 1. The summed E-state index contributed by atoms with van der Waals surface area (Å²) in [5.41, 5.74) is 0.588. The lowest BCUT2D eigenvalue weighted by atomic mass is 10.0. The molecule has 180 valence electrons. The lowest BCUT2D eigenvalue weighted by molar-refractivity contribution is -0.189. The fourth-order valence-corrected chi connectivity index (χ4v) is 2.99. The van der Waals surface area contributed by atoms with Gasteiger partial charge in [0.25, 0.3) is 0 Å². The number of aliphatic hydroxyl groups is 1. The summed E-state index contributed by atoms with van der Waals surface area (Å²) in [4.78, 5) is 22.5. The molecule has 3 rings (SSSR count). The van der Waals surface area contributed by atoms with Gasteiger partial charge in [0.05, 0.1) is 12.3 Å².